The standard InChI is InChI=1S/C20H31N3O2/c24-20(22-18-9-13-25-14-10-18)21-16-19(23-11-5-2-6-12-23)15-17-7-3-1-4-8-17/h1,3-4,7-8,18-19H,2,5-6,9-16H2,(H2,21,22,24). The summed E-state index contributed by atoms with van der Waals surface area (Å²) in [7, 11) is 0. The van der Waals surface area contributed by atoms with E-state index < -0.39 is 0 Å². The van der Waals surface area contributed by atoms with Gasteiger partial charge in [0.1, 0.15) is 0 Å². The Morgan fingerprint density at radius 3 is 2.56 bits per heavy atom. The van der Waals surface area contributed by atoms with E-state index in [-0.39, 0.29) is 12.1 Å². The van der Waals surface area contributed by atoms with Crippen LogP contribution in [0.1, 0.15) is 37.7 Å². The van der Waals surface area contributed by atoms with Gasteiger partial charge in [0, 0.05) is 31.8 Å². The summed E-state index contributed by atoms with van der Waals surface area (Å²) >= 11 is 0. The lowest BCUT2D eigenvalue weighted by Gasteiger charge is -2.35. The molecular weight excluding hydrogens is 314 g/mol. The summed E-state index contributed by atoms with van der Waals surface area (Å²) in [6.45, 7) is 4.47. The number of hydrogen-bond donors (Lipinski definition) is 2. The number of rotatable bonds is 6. The molecule has 2 saturated heterocycles. The first-order valence-corrected chi connectivity index (χ1v) is 9.71. The zero-order valence-electron chi connectivity index (χ0n) is 15.1. The van der Waals surface area contributed by atoms with Crippen LogP contribution in [0.15, 0.2) is 30.3 Å². The van der Waals surface area contributed by atoms with E-state index >= 15 is 0 Å². The van der Waals surface area contributed by atoms with Crippen LogP contribution in [0.5, 0.6) is 0 Å². The fourth-order valence-electron chi connectivity index (χ4n) is 3.79. The summed E-state index contributed by atoms with van der Waals surface area (Å²) < 4.78 is 5.35. The van der Waals surface area contributed by atoms with Crippen LogP contribution in [0.3, 0.4) is 0 Å². The van der Waals surface area contributed by atoms with Crippen molar-refractivity contribution >= 4 is 6.03 Å². The molecule has 25 heavy (non-hydrogen) atoms. The third-order valence-corrected chi connectivity index (χ3v) is 5.28. The lowest BCUT2D eigenvalue weighted by Crippen LogP contribution is -2.51. The number of benzene rings is 1. The molecule has 2 amide bonds. The van der Waals surface area contributed by atoms with E-state index in [2.05, 4.69) is 45.9 Å². The second-order valence-electron chi connectivity index (χ2n) is 7.18. The zero-order chi connectivity index (χ0) is 17.3. The number of hydrogen-bond acceptors (Lipinski definition) is 3. The minimum absolute atomic E-state index is 0.0398. The van der Waals surface area contributed by atoms with Crippen LogP contribution in [0, 0.1) is 0 Å². The molecule has 2 aliphatic rings. The summed E-state index contributed by atoms with van der Waals surface area (Å²) in [5.41, 5.74) is 1.34. The minimum atomic E-state index is -0.0398. The number of urea groups is 1. The average molecular weight is 345 g/mol. The smallest absolute Gasteiger partial charge is 0.315 e. The van der Waals surface area contributed by atoms with Crippen molar-refractivity contribution in [3.8, 4) is 0 Å². The maximum Gasteiger partial charge on any atom is 0.315 e. The first-order valence-electron chi connectivity index (χ1n) is 9.71. The van der Waals surface area contributed by atoms with Crippen LogP contribution in [-0.2, 0) is 11.2 Å². The van der Waals surface area contributed by atoms with Gasteiger partial charge in [0.25, 0.3) is 0 Å². The monoisotopic (exact) mass is 345 g/mol. The van der Waals surface area contributed by atoms with E-state index in [1.165, 1.54) is 24.8 Å². The summed E-state index contributed by atoms with van der Waals surface area (Å²) in [5.74, 6) is 0. The Labute approximate surface area is 151 Å². The molecule has 1 unspecified atom stereocenters. The number of likely N-dealkylation sites (tertiary alicyclic amines) is 1. The van der Waals surface area contributed by atoms with Crippen molar-refractivity contribution in [2.24, 2.45) is 0 Å². The highest BCUT2D eigenvalue weighted by atomic mass is 16.5. The number of carbonyl (C=O) groups is 1. The molecular formula is C20H31N3O2. The third kappa shape index (κ3) is 6.01. The molecule has 2 heterocycles. The van der Waals surface area contributed by atoms with Crippen molar-refractivity contribution in [3.63, 3.8) is 0 Å². The molecule has 0 radical (unpaired) electrons. The third-order valence-electron chi connectivity index (χ3n) is 5.28. The molecule has 0 spiro atoms. The molecule has 138 valence electrons. The predicted molar refractivity (Wildman–Crippen MR) is 99.7 cm³/mol. The Kier molecular flexibility index (Phi) is 7.12. The second-order valence-corrected chi connectivity index (χ2v) is 7.18. The van der Waals surface area contributed by atoms with E-state index in [0.717, 1.165) is 45.6 Å². The van der Waals surface area contributed by atoms with Crippen LogP contribution in [0.25, 0.3) is 0 Å². The average Bonchev–Trinajstić information content (AvgIpc) is 2.67. The Balaban J connectivity index is 1.52. The summed E-state index contributed by atoms with van der Waals surface area (Å²) in [6.07, 6.45) is 6.66. The number of nitrogens with zero attached hydrogens (tertiary/aromatic N) is 1. The maximum atomic E-state index is 12.3. The molecule has 2 fully saturated rings. The molecule has 3 rings (SSSR count). The van der Waals surface area contributed by atoms with E-state index in [9.17, 15) is 4.79 Å². The lowest BCUT2D eigenvalue weighted by atomic mass is 10.0. The van der Waals surface area contributed by atoms with Gasteiger partial charge in [0.15, 0.2) is 0 Å². The Hall–Kier alpha value is -1.59. The topological polar surface area (TPSA) is 53.6 Å². The van der Waals surface area contributed by atoms with E-state index in [0.29, 0.717) is 12.6 Å². The number of amides is 2. The normalized spacial score (nSPS) is 20.8. The van der Waals surface area contributed by atoms with Crippen molar-refractivity contribution in [3.05, 3.63) is 35.9 Å². The van der Waals surface area contributed by atoms with Gasteiger partial charge in [0.2, 0.25) is 0 Å². The first kappa shape index (κ1) is 18.2. The highest BCUT2D eigenvalue weighted by molar-refractivity contribution is 5.74. The van der Waals surface area contributed by atoms with Gasteiger partial charge in [-0.05, 0) is 50.8 Å². The van der Waals surface area contributed by atoms with Crippen molar-refractivity contribution in [1.29, 1.82) is 0 Å². The van der Waals surface area contributed by atoms with E-state index in [1.807, 2.05) is 0 Å². The van der Waals surface area contributed by atoms with Crippen LogP contribution in [0.2, 0.25) is 0 Å². The highest BCUT2D eigenvalue weighted by Crippen LogP contribution is 2.15. The fourth-order valence-corrected chi connectivity index (χ4v) is 3.79. The molecule has 0 saturated carbocycles. The Morgan fingerprint density at radius 1 is 1.12 bits per heavy atom. The van der Waals surface area contributed by atoms with Gasteiger partial charge in [-0.3, -0.25) is 4.90 Å². The van der Waals surface area contributed by atoms with E-state index in [4.69, 9.17) is 4.74 Å². The molecule has 1 atom stereocenters. The summed E-state index contributed by atoms with van der Waals surface area (Å²) in [5, 5.41) is 6.21. The molecule has 2 aliphatic heterocycles. The number of piperidine rings is 1. The number of nitrogens with one attached hydrogen (secondary N) is 2. The Bertz CT molecular complexity index is 511. The van der Waals surface area contributed by atoms with Crippen molar-refractivity contribution in [2.45, 2.75) is 50.6 Å². The fraction of sp³-hybridized carbons (Fsp3) is 0.650. The van der Waals surface area contributed by atoms with E-state index in [1.54, 1.807) is 0 Å². The second kappa shape index (κ2) is 9.78. The largest absolute Gasteiger partial charge is 0.381 e. The van der Waals surface area contributed by atoms with Crippen molar-refractivity contribution in [2.75, 3.05) is 32.8 Å². The molecule has 5 heteroatoms. The first-order chi connectivity index (χ1) is 12.3. The quantitative estimate of drug-likeness (QED) is 0.833. The SMILES string of the molecule is O=C(NCC(Cc1ccccc1)N1CCCCC1)NC1CCOCC1. The number of ether oxygens (including phenoxy) is 1. The van der Waals surface area contributed by atoms with Crippen molar-refractivity contribution < 1.29 is 9.53 Å². The molecule has 2 N–H and O–H groups in total. The molecule has 0 aliphatic carbocycles. The minimum Gasteiger partial charge on any atom is -0.381 e. The van der Waals surface area contributed by atoms with Gasteiger partial charge < -0.3 is 15.4 Å². The van der Waals surface area contributed by atoms with Gasteiger partial charge in [-0.1, -0.05) is 36.8 Å². The summed E-state index contributed by atoms with van der Waals surface area (Å²) in [4.78, 5) is 14.8. The van der Waals surface area contributed by atoms with Crippen LogP contribution in [0.4, 0.5) is 4.79 Å². The molecule has 5 nitrogen and oxygen atoms in total. The number of carbonyl (C=O) groups excluding carboxylic acids is 1. The van der Waals surface area contributed by atoms with Crippen molar-refractivity contribution in [1.82, 2.24) is 15.5 Å². The van der Waals surface area contributed by atoms with Crippen LogP contribution < -0.4 is 10.6 Å². The molecule has 1 aromatic rings. The summed E-state index contributed by atoms with van der Waals surface area (Å²) in [6, 6.07) is 11.2. The molecule has 0 aromatic heterocycles. The van der Waals surface area contributed by atoms with Gasteiger partial charge in [0.05, 0.1) is 0 Å². The van der Waals surface area contributed by atoms with Crippen LogP contribution >= 0.6 is 0 Å². The van der Waals surface area contributed by atoms with Gasteiger partial charge >= 0.3 is 6.03 Å². The van der Waals surface area contributed by atoms with Crippen LogP contribution in [-0.4, -0.2) is 55.9 Å². The van der Waals surface area contributed by atoms with Gasteiger partial charge in [-0.15, -0.1) is 0 Å². The lowest BCUT2D eigenvalue weighted by molar-refractivity contribution is 0.0799. The highest BCUT2D eigenvalue weighted by Gasteiger charge is 2.22. The molecule has 0 bridgehead atoms. The zero-order valence-corrected chi connectivity index (χ0v) is 15.1. The van der Waals surface area contributed by atoms with Gasteiger partial charge in [-0.2, -0.15) is 0 Å². The predicted octanol–water partition coefficient (Wildman–Crippen LogP) is 2.56. The van der Waals surface area contributed by atoms with Gasteiger partial charge in [-0.25, -0.2) is 4.79 Å². The molecule has 1 aromatic carbocycles. The Morgan fingerprint density at radius 2 is 1.84 bits per heavy atom. The maximum absolute atomic E-state index is 12.3.